The largest absolute Gasteiger partial charge is 0.445 e. The molecule has 0 radical (unpaired) electrons. The molecule has 4 nitrogen and oxygen atoms in total. The molecule has 4 heteroatoms. The molecule has 0 bridgehead atoms. The maximum absolute atomic E-state index is 12.5. The molecular formula is C20H21NO3. The molecule has 2 aromatic rings. The van der Waals surface area contributed by atoms with E-state index in [1.165, 1.54) is 0 Å². The quantitative estimate of drug-likeness (QED) is 0.863. The minimum Gasteiger partial charge on any atom is -0.445 e. The van der Waals surface area contributed by atoms with Crippen molar-refractivity contribution in [2.75, 3.05) is 6.54 Å². The van der Waals surface area contributed by atoms with Crippen LogP contribution in [0.15, 0.2) is 60.7 Å². The first kappa shape index (κ1) is 16.2. The summed E-state index contributed by atoms with van der Waals surface area (Å²) in [6, 6.07) is 19.4. The second-order valence-corrected chi connectivity index (χ2v) is 6.07. The minimum atomic E-state index is -0.340. The zero-order chi connectivity index (χ0) is 16.8. The molecule has 1 heterocycles. The van der Waals surface area contributed by atoms with Crippen LogP contribution in [0.25, 0.3) is 0 Å². The molecule has 2 aromatic carbocycles. The van der Waals surface area contributed by atoms with Crippen LogP contribution in [0.2, 0.25) is 0 Å². The molecule has 1 aliphatic rings. The Morgan fingerprint density at radius 3 is 2.29 bits per heavy atom. The van der Waals surface area contributed by atoms with E-state index >= 15 is 0 Å². The summed E-state index contributed by atoms with van der Waals surface area (Å²) >= 11 is 0. The highest BCUT2D eigenvalue weighted by atomic mass is 16.6. The lowest BCUT2D eigenvalue weighted by Gasteiger charge is -2.34. The summed E-state index contributed by atoms with van der Waals surface area (Å²) in [6.07, 6.45) is 1.14. The molecular weight excluding hydrogens is 302 g/mol. The number of carbonyl (C=O) groups is 2. The van der Waals surface area contributed by atoms with Crippen LogP contribution in [0.1, 0.15) is 24.0 Å². The standard InChI is InChI=1S/C20H21NO3/c22-19-11-12-21(18(14-19)13-16-7-3-1-4-8-16)20(23)24-15-17-9-5-2-6-10-17/h1-10,18H,11-15H2/t18-/m1/s1. The minimum absolute atomic E-state index is 0.128. The van der Waals surface area contributed by atoms with E-state index in [0.717, 1.165) is 11.1 Å². The van der Waals surface area contributed by atoms with Gasteiger partial charge in [0, 0.05) is 25.4 Å². The van der Waals surface area contributed by atoms with Gasteiger partial charge in [0.25, 0.3) is 0 Å². The number of benzene rings is 2. The smallest absolute Gasteiger partial charge is 0.410 e. The van der Waals surface area contributed by atoms with E-state index in [1.54, 1.807) is 4.90 Å². The third-order valence-corrected chi connectivity index (χ3v) is 4.29. The SMILES string of the molecule is O=C1CCN(C(=O)OCc2ccccc2)[C@H](Cc2ccccc2)C1. The topological polar surface area (TPSA) is 46.6 Å². The van der Waals surface area contributed by atoms with Crippen LogP contribution in [0.4, 0.5) is 4.79 Å². The number of nitrogens with zero attached hydrogens (tertiary/aromatic N) is 1. The van der Waals surface area contributed by atoms with Gasteiger partial charge in [-0.3, -0.25) is 4.79 Å². The van der Waals surface area contributed by atoms with E-state index in [1.807, 2.05) is 60.7 Å². The summed E-state index contributed by atoms with van der Waals surface area (Å²) in [7, 11) is 0. The van der Waals surface area contributed by atoms with Gasteiger partial charge in [-0.2, -0.15) is 0 Å². The van der Waals surface area contributed by atoms with Gasteiger partial charge in [-0.05, 0) is 17.5 Å². The first-order chi connectivity index (χ1) is 11.7. The Bertz CT molecular complexity index is 685. The molecule has 124 valence electrons. The highest BCUT2D eigenvalue weighted by Crippen LogP contribution is 2.20. The molecule has 0 unspecified atom stereocenters. The molecule has 24 heavy (non-hydrogen) atoms. The van der Waals surface area contributed by atoms with E-state index < -0.39 is 0 Å². The van der Waals surface area contributed by atoms with Crippen molar-refractivity contribution in [3.8, 4) is 0 Å². The third kappa shape index (κ3) is 4.22. The van der Waals surface area contributed by atoms with Crippen molar-refractivity contribution < 1.29 is 14.3 Å². The number of hydrogen-bond acceptors (Lipinski definition) is 3. The number of likely N-dealkylation sites (tertiary alicyclic amines) is 1. The van der Waals surface area contributed by atoms with Crippen LogP contribution in [0, 0.1) is 0 Å². The second kappa shape index (κ2) is 7.77. The number of amides is 1. The number of piperidine rings is 1. The van der Waals surface area contributed by atoms with Crippen LogP contribution < -0.4 is 0 Å². The summed E-state index contributed by atoms with van der Waals surface area (Å²) in [4.78, 5) is 26.0. The molecule has 3 rings (SSSR count). The third-order valence-electron chi connectivity index (χ3n) is 4.29. The first-order valence-corrected chi connectivity index (χ1v) is 8.25. The zero-order valence-electron chi connectivity index (χ0n) is 13.6. The predicted octanol–water partition coefficient (Wildman–Crippen LogP) is 3.60. The Labute approximate surface area is 142 Å². The highest BCUT2D eigenvalue weighted by molar-refractivity contribution is 5.82. The fourth-order valence-corrected chi connectivity index (χ4v) is 3.01. The predicted molar refractivity (Wildman–Crippen MR) is 91.5 cm³/mol. The van der Waals surface area contributed by atoms with Gasteiger partial charge in [0.05, 0.1) is 0 Å². The van der Waals surface area contributed by atoms with E-state index in [9.17, 15) is 9.59 Å². The first-order valence-electron chi connectivity index (χ1n) is 8.25. The van der Waals surface area contributed by atoms with E-state index in [4.69, 9.17) is 4.74 Å². The zero-order valence-corrected chi connectivity index (χ0v) is 13.6. The van der Waals surface area contributed by atoms with Gasteiger partial charge in [0.2, 0.25) is 0 Å². The van der Waals surface area contributed by atoms with Crippen LogP contribution >= 0.6 is 0 Å². The summed E-state index contributed by atoms with van der Waals surface area (Å²) in [5.74, 6) is 0.211. The lowest BCUT2D eigenvalue weighted by Crippen LogP contribution is -2.47. The summed E-state index contributed by atoms with van der Waals surface area (Å²) < 4.78 is 5.45. The average Bonchev–Trinajstić information content (AvgIpc) is 2.62. The normalized spacial score (nSPS) is 17.6. The molecule has 0 aliphatic carbocycles. The van der Waals surface area contributed by atoms with Crippen molar-refractivity contribution >= 4 is 11.9 Å². The van der Waals surface area contributed by atoms with E-state index in [2.05, 4.69) is 0 Å². The summed E-state index contributed by atoms with van der Waals surface area (Å²) in [5, 5.41) is 0. The summed E-state index contributed by atoms with van der Waals surface area (Å²) in [5.41, 5.74) is 2.08. The highest BCUT2D eigenvalue weighted by Gasteiger charge is 2.31. The molecule has 1 fully saturated rings. The van der Waals surface area contributed by atoms with Gasteiger partial charge in [-0.1, -0.05) is 60.7 Å². The molecule has 0 saturated carbocycles. The van der Waals surface area contributed by atoms with Crippen molar-refractivity contribution in [1.82, 2.24) is 4.90 Å². The van der Waals surface area contributed by atoms with Gasteiger partial charge in [0.1, 0.15) is 12.4 Å². The molecule has 1 saturated heterocycles. The monoisotopic (exact) mass is 323 g/mol. The lowest BCUT2D eigenvalue weighted by atomic mass is 9.95. The van der Waals surface area contributed by atoms with Crippen LogP contribution in [-0.4, -0.2) is 29.4 Å². The fraction of sp³-hybridized carbons (Fsp3) is 0.300. The van der Waals surface area contributed by atoms with Gasteiger partial charge < -0.3 is 9.64 Å². The molecule has 0 aromatic heterocycles. The average molecular weight is 323 g/mol. The van der Waals surface area contributed by atoms with Gasteiger partial charge >= 0.3 is 6.09 Å². The Kier molecular flexibility index (Phi) is 5.26. The van der Waals surface area contributed by atoms with E-state index in [0.29, 0.717) is 25.8 Å². The van der Waals surface area contributed by atoms with Gasteiger partial charge in [0.15, 0.2) is 0 Å². The van der Waals surface area contributed by atoms with Crippen molar-refractivity contribution in [2.24, 2.45) is 0 Å². The fourth-order valence-electron chi connectivity index (χ4n) is 3.01. The summed E-state index contributed by atoms with van der Waals surface area (Å²) in [6.45, 7) is 0.687. The van der Waals surface area contributed by atoms with Crippen molar-refractivity contribution in [1.29, 1.82) is 0 Å². The van der Waals surface area contributed by atoms with Gasteiger partial charge in [-0.15, -0.1) is 0 Å². The number of hydrogen-bond donors (Lipinski definition) is 0. The lowest BCUT2D eigenvalue weighted by molar-refractivity contribution is -0.122. The number of rotatable bonds is 4. The number of Topliss-reactive ketones (excluding diaryl/α,β-unsaturated/α-hetero) is 1. The molecule has 1 atom stereocenters. The van der Waals surface area contributed by atoms with Crippen molar-refractivity contribution in [2.45, 2.75) is 31.9 Å². The van der Waals surface area contributed by atoms with Crippen LogP contribution in [-0.2, 0) is 22.6 Å². The maximum Gasteiger partial charge on any atom is 0.410 e. The Morgan fingerprint density at radius 2 is 1.62 bits per heavy atom. The molecule has 1 aliphatic heterocycles. The molecule has 1 amide bonds. The van der Waals surface area contributed by atoms with Crippen molar-refractivity contribution in [3.63, 3.8) is 0 Å². The Hall–Kier alpha value is -2.62. The number of ether oxygens (including phenoxy) is 1. The molecule has 0 spiro atoms. The van der Waals surface area contributed by atoms with Crippen LogP contribution in [0.5, 0.6) is 0 Å². The van der Waals surface area contributed by atoms with E-state index in [-0.39, 0.29) is 24.5 Å². The van der Waals surface area contributed by atoms with Crippen LogP contribution in [0.3, 0.4) is 0 Å². The number of ketones is 1. The molecule has 0 N–H and O–H groups in total. The Morgan fingerprint density at radius 1 is 1.00 bits per heavy atom. The van der Waals surface area contributed by atoms with Gasteiger partial charge in [-0.25, -0.2) is 4.79 Å². The number of carbonyl (C=O) groups excluding carboxylic acids is 2. The second-order valence-electron chi connectivity index (χ2n) is 6.07. The maximum atomic E-state index is 12.5. The Balaban J connectivity index is 1.64. The van der Waals surface area contributed by atoms with Crippen molar-refractivity contribution in [3.05, 3.63) is 71.8 Å².